The predicted molar refractivity (Wildman–Crippen MR) is 108 cm³/mol. The maximum Gasteiger partial charge on any atom is 0.287 e. The zero-order valence-corrected chi connectivity index (χ0v) is 16.6. The molecule has 3 rings (SSSR count). The summed E-state index contributed by atoms with van der Waals surface area (Å²) in [5.41, 5.74) is 1.83. The van der Waals surface area contributed by atoms with Crippen molar-refractivity contribution in [1.29, 1.82) is 0 Å². The molecular formula is C20H17Cl2NO3S. The van der Waals surface area contributed by atoms with E-state index >= 15 is 0 Å². The van der Waals surface area contributed by atoms with E-state index in [4.69, 9.17) is 27.6 Å². The van der Waals surface area contributed by atoms with Gasteiger partial charge in [0.2, 0.25) is 0 Å². The van der Waals surface area contributed by atoms with Crippen LogP contribution in [-0.4, -0.2) is 10.1 Å². The molecule has 1 aromatic heterocycles. The van der Waals surface area contributed by atoms with Crippen LogP contribution in [0.15, 0.2) is 65.1 Å². The molecule has 0 spiro atoms. The van der Waals surface area contributed by atoms with Crippen LogP contribution in [0.3, 0.4) is 0 Å². The second kappa shape index (κ2) is 9.22. The lowest BCUT2D eigenvalue weighted by molar-refractivity contribution is 0.0921. The number of hydrogen-bond donors (Lipinski definition) is 1. The summed E-state index contributed by atoms with van der Waals surface area (Å²) in [6.45, 7) is 0.368. The van der Waals surface area contributed by atoms with Crippen LogP contribution >= 0.6 is 23.2 Å². The van der Waals surface area contributed by atoms with Crippen LogP contribution in [0.4, 0.5) is 0 Å². The Morgan fingerprint density at radius 2 is 1.70 bits per heavy atom. The van der Waals surface area contributed by atoms with E-state index in [2.05, 4.69) is 5.32 Å². The fourth-order valence-corrected chi connectivity index (χ4v) is 3.94. The quantitative estimate of drug-likeness (QED) is 0.585. The minimum Gasteiger partial charge on any atom is -0.455 e. The third-order valence-electron chi connectivity index (χ3n) is 3.77. The van der Waals surface area contributed by atoms with Crippen molar-refractivity contribution in [3.63, 3.8) is 0 Å². The number of nitrogens with one attached hydrogen (secondary N) is 1. The van der Waals surface area contributed by atoms with Crippen molar-refractivity contribution in [1.82, 2.24) is 5.32 Å². The van der Waals surface area contributed by atoms with Gasteiger partial charge in [0.05, 0.1) is 5.75 Å². The van der Waals surface area contributed by atoms with Crippen LogP contribution in [0.2, 0.25) is 10.0 Å². The van der Waals surface area contributed by atoms with Crippen molar-refractivity contribution < 1.29 is 13.4 Å². The number of halogens is 2. The summed E-state index contributed by atoms with van der Waals surface area (Å²) < 4.78 is 17.8. The van der Waals surface area contributed by atoms with E-state index in [-0.39, 0.29) is 17.4 Å². The van der Waals surface area contributed by atoms with Gasteiger partial charge in [0.15, 0.2) is 5.76 Å². The number of furan rings is 1. The van der Waals surface area contributed by atoms with Crippen molar-refractivity contribution in [2.45, 2.75) is 18.1 Å². The van der Waals surface area contributed by atoms with Crippen molar-refractivity contribution >= 4 is 39.9 Å². The van der Waals surface area contributed by atoms with Gasteiger partial charge in [-0.3, -0.25) is 9.00 Å². The topological polar surface area (TPSA) is 59.3 Å². The molecule has 2 aromatic carbocycles. The SMILES string of the molecule is O=C(NCc1ccc(Cl)cc1)c1ccc(C[S@](=O)Cc2cccc(Cl)c2)o1. The lowest BCUT2D eigenvalue weighted by Gasteiger charge is -2.04. The summed E-state index contributed by atoms with van der Waals surface area (Å²) in [4.78, 5) is 12.2. The summed E-state index contributed by atoms with van der Waals surface area (Å²) in [5, 5.41) is 4.04. The number of hydrogen-bond acceptors (Lipinski definition) is 3. The molecule has 0 aliphatic heterocycles. The average Bonchev–Trinajstić information content (AvgIpc) is 3.09. The van der Waals surface area contributed by atoms with E-state index in [9.17, 15) is 9.00 Å². The number of amides is 1. The van der Waals surface area contributed by atoms with Crippen LogP contribution in [0.1, 0.15) is 27.4 Å². The second-order valence-corrected chi connectivity index (χ2v) is 8.26. The van der Waals surface area contributed by atoms with Gasteiger partial charge in [0.25, 0.3) is 5.91 Å². The molecule has 0 aliphatic rings. The zero-order valence-electron chi connectivity index (χ0n) is 14.3. The van der Waals surface area contributed by atoms with Gasteiger partial charge in [-0.05, 0) is 47.5 Å². The molecule has 1 amide bonds. The highest BCUT2D eigenvalue weighted by molar-refractivity contribution is 7.83. The Morgan fingerprint density at radius 3 is 2.44 bits per heavy atom. The lowest BCUT2D eigenvalue weighted by atomic mass is 10.2. The molecule has 0 saturated carbocycles. The van der Waals surface area contributed by atoms with Gasteiger partial charge < -0.3 is 9.73 Å². The molecule has 0 radical (unpaired) electrons. The Bertz CT molecular complexity index is 954. The van der Waals surface area contributed by atoms with Gasteiger partial charge in [-0.15, -0.1) is 0 Å². The molecule has 0 unspecified atom stereocenters. The first-order valence-corrected chi connectivity index (χ1v) is 10.4. The molecule has 27 heavy (non-hydrogen) atoms. The molecule has 0 aliphatic carbocycles. The van der Waals surface area contributed by atoms with E-state index < -0.39 is 10.8 Å². The Labute approximate surface area is 169 Å². The minimum absolute atomic E-state index is 0.193. The summed E-state index contributed by atoms with van der Waals surface area (Å²) >= 11 is 11.8. The lowest BCUT2D eigenvalue weighted by Crippen LogP contribution is -2.22. The van der Waals surface area contributed by atoms with Crippen LogP contribution in [0.25, 0.3) is 0 Å². The molecule has 7 heteroatoms. The molecule has 0 saturated heterocycles. The van der Waals surface area contributed by atoms with Gasteiger partial charge in [-0.25, -0.2) is 0 Å². The first-order valence-electron chi connectivity index (χ1n) is 8.20. The fraction of sp³-hybridized carbons (Fsp3) is 0.150. The first-order chi connectivity index (χ1) is 13.0. The summed E-state index contributed by atoms with van der Waals surface area (Å²) in [6.07, 6.45) is 0. The van der Waals surface area contributed by atoms with Crippen LogP contribution in [0, 0.1) is 0 Å². The largest absolute Gasteiger partial charge is 0.455 e. The standard InChI is InChI=1S/C20H17Cl2NO3S/c21-16-6-4-14(5-7-16)11-23-20(24)19-9-8-18(26-19)13-27(25)12-15-2-1-3-17(22)10-15/h1-10H,11-13H2,(H,23,24)/t27-/m1/s1. The van der Waals surface area contributed by atoms with E-state index in [0.717, 1.165) is 11.1 Å². The third-order valence-corrected chi connectivity index (χ3v) is 5.52. The van der Waals surface area contributed by atoms with Crippen LogP contribution < -0.4 is 5.32 Å². The molecule has 1 N–H and O–H groups in total. The van der Waals surface area contributed by atoms with Gasteiger partial charge in [0, 0.05) is 33.1 Å². The van der Waals surface area contributed by atoms with Gasteiger partial charge in [-0.1, -0.05) is 47.5 Å². The maximum absolute atomic E-state index is 12.3. The first kappa shape index (κ1) is 19.7. The summed E-state index contributed by atoms with van der Waals surface area (Å²) in [5.74, 6) is 0.985. The Morgan fingerprint density at radius 1 is 0.926 bits per heavy atom. The van der Waals surface area contributed by atoms with Gasteiger partial charge >= 0.3 is 0 Å². The summed E-state index contributed by atoms with van der Waals surface area (Å²) in [6, 6.07) is 17.7. The van der Waals surface area contributed by atoms with Crippen LogP contribution in [-0.2, 0) is 28.9 Å². The van der Waals surface area contributed by atoms with Crippen molar-refractivity contribution in [3.8, 4) is 0 Å². The highest BCUT2D eigenvalue weighted by Crippen LogP contribution is 2.16. The highest BCUT2D eigenvalue weighted by Gasteiger charge is 2.13. The summed E-state index contributed by atoms with van der Waals surface area (Å²) in [7, 11) is -1.16. The molecule has 0 fully saturated rings. The highest BCUT2D eigenvalue weighted by atomic mass is 35.5. The fourth-order valence-electron chi connectivity index (χ4n) is 2.47. The smallest absolute Gasteiger partial charge is 0.287 e. The van der Waals surface area contributed by atoms with Crippen molar-refractivity contribution in [3.05, 3.63) is 93.4 Å². The van der Waals surface area contributed by atoms with Crippen molar-refractivity contribution in [2.75, 3.05) is 0 Å². The molecule has 1 atom stereocenters. The Kier molecular flexibility index (Phi) is 6.72. The Balaban J connectivity index is 1.53. The number of rotatable bonds is 7. The van der Waals surface area contributed by atoms with Gasteiger partial charge in [0.1, 0.15) is 5.76 Å². The molecule has 4 nitrogen and oxygen atoms in total. The maximum atomic E-state index is 12.3. The average molecular weight is 422 g/mol. The number of carbonyl (C=O) groups excluding carboxylic acids is 1. The number of carbonyl (C=O) groups is 1. The minimum atomic E-state index is -1.16. The van der Waals surface area contributed by atoms with Crippen molar-refractivity contribution in [2.24, 2.45) is 0 Å². The normalized spacial score (nSPS) is 11.9. The van der Waals surface area contributed by atoms with E-state index in [1.54, 1.807) is 36.4 Å². The van der Waals surface area contributed by atoms with E-state index in [1.807, 2.05) is 24.3 Å². The van der Waals surface area contributed by atoms with Crippen LogP contribution in [0.5, 0.6) is 0 Å². The second-order valence-electron chi connectivity index (χ2n) is 5.93. The molecule has 0 bridgehead atoms. The third kappa shape index (κ3) is 5.96. The molecule has 3 aromatic rings. The monoisotopic (exact) mass is 421 g/mol. The number of benzene rings is 2. The van der Waals surface area contributed by atoms with Gasteiger partial charge in [-0.2, -0.15) is 0 Å². The Hall–Kier alpha value is -2.08. The van der Waals surface area contributed by atoms with E-state index in [1.165, 1.54) is 0 Å². The van der Waals surface area contributed by atoms with E-state index in [0.29, 0.717) is 28.1 Å². The molecular weight excluding hydrogens is 405 g/mol. The molecule has 140 valence electrons. The molecule has 1 heterocycles. The predicted octanol–water partition coefficient (Wildman–Crippen LogP) is 4.97. The zero-order chi connectivity index (χ0) is 19.2.